The number of rotatable bonds is 5. The van der Waals surface area contributed by atoms with Gasteiger partial charge in [0, 0.05) is 0 Å². The Kier molecular flexibility index (Phi) is 6.02. The van der Waals surface area contributed by atoms with Crippen LogP contribution in [0.15, 0.2) is 11.1 Å². The molecule has 2 N–H and O–H groups in total. The minimum atomic E-state index is -1.23. The number of halogens is 1. The van der Waals surface area contributed by atoms with Gasteiger partial charge in [-0.2, -0.15) is 0 Å². The second-order valence-electron chi connectivity index (χ2n) is 13.9. The first-order chi connectivity index (χ1) is 14.7. The van der Waals surface area contributed by atoms with E-state index in [2.05, 4.69) is 34.6 Å². The number of hydrogen-bond donors (Lipinski definition) is 2. The second kappa shape index (κ2) is 7.80. The quantitative estimate of drug-likeness (QED) is 0.431. The Morgan fingerprint density at radius 3 is 2.31 bits per heavy atom. The molecular weight excluding hydrogens is 399 g/mol. The average molecular weight is 449 g/mol. The number of alkyl halides is 1. The molecule has 2 saturated carbocycles. The smallest absolute Gasteiger partial charge is 0.128 e. The van der Waals surface area contributed by atoms with Crippen molar-refractivity contribution < 1.29 is 14.6 Å². The lowest BCUT2D eigenvalue weighted by atomic mass is 9.43. The van der Waals surface area contributed by atoms with Crippen molar-refractivity contribution in [1.29, 1.82) is 0 Å². The monoisotopic (exact) mass is 448 g/mol. The summed E-state index contributed by atoms with van der Waals surface area (Å²) in [5.41, 5.74) is 3.12. The highest BCUT2D eigenvalue weighted by atomic mass is 19.1. The Morgan fingerprint density at radius 2 is 1.66 bits per heavy atom. The van der Waals surface area contributed by atoms with Gasteiger partial charge in [-0.3, -0.25) is 0 Å². The van der Waals surface area contributed by atoms with E-state index in [1.54, 1.807) is 25.0 Å². The van der Waals surface area contributed by atoms with E-state index in [-0.39, 0.29) is 22.3 Å². The molecule has 0 aromatic heterocycles. The van der Waals surface area contributed by atoms with E-state index in [0.717, 1.165) is 25.7 Å². The van der Waals surface area contributed by atoms with Crippen LogP contribution in [-0.4, -0.2) is 28.1 Å². The van der Waals surface area contributed by atoms with Crippen LogP contribution in [0.5, 0.6) is 0 Å². The van der Waals surface area contributed by atoms with Crippen molar-refractivity contribution in [2.24, 2.45) is 33.5 Å². The lowest BCUT2D eigenvalue weighted by Gasteiger charge is -2.62. The Bertz CT molecular complexity index is 764. The SMILES string of the molecule is CC(C)(O)C(F)CCCC1CCC2(C)C3=C(CCC12C)C1(C)CCC(O)C(C)(C)C1CC3. The van der Waals surface area contributed by atoms with E-state index in [0.29, 0.717) is 23.7 Å². The molecule has 0 spiro atoms. The molecular formula is C29H49FO2. The summed E-state index contributed by atoms with van der Waals surface area (Å²) in [6.45, 7) is 15.4. The fraction of sp³-hybridized carbons (Fsp3) is 0.931. The van der Waals surface area contributed by atoms with Crippen molar-refractivity contribution in [1.82, 2.24) is 0 Å². The summed E-state index contributed by atoms with van der Waals surface area (Å²) >= 11 is 0. The highest BCUT2D eigenvalue weighted by Gasteiger charge is 2.62. The standard InChI is InChI=1S/C29H49FO2/c1-25(2)22-12-11-21-20(27(22,5)16-15-24(25)31)14-18-28(6)19(13-17-29(21,28)7)9-8-10-23(30)26(3,4)32/h19,22-24,31-32H,8-18H2,1-7H3. The van der Waals surface area contributed by atoms with E-state index in [1.807, 2.05) is 0 Å². The van der Waals surface area contributed by atoms with Gasteiger partial charge in [-0.05, 0) is 112 Å². The van der Waals surface area contributed by atoms with Crippen molar-refractivity contribution in [3.63, 3.8) is 0 Å². The van der Waals surface area contributed by atoms with Crippen LogP contribution >= 0.6 is 0 Å². The summed E-state index contributed by atoms with van der Waals surface area (Å²) in [5.74, 6) is 1.23. The Hall–Kier alpha value is -0.410. The molecule has 4 aliphatic carbocycles. The van der Waals surface area contributed by atoms with E-state index in [1.165, 1.54) is 38.5 Å². The predicted octanol–water partition coefficient (Wildman–Crippen LogP) is 7.38. The Labute approximate surface area is 196 Å². The van der Waals surface area contributed by atoms with Gasteiger partial charge in [-0.25, -0.2) is 4.39 Å². The third-order valence-corrected chi connectivity index (χ3v) is 11.7. The van der Waals surface area contributed by atoms with Crippen molar-refractivity contribution in [2.45, 2.75) is 137 Å². The van der Waals surface area contributed by atoms with Gasteiger partial charge in [0.15, 0.2) is 0 Å². The maximum Gasteiger partial charge on any atom is 0.128 e. The molecule has 0 aliphatic heterocycles. The minimum absolute atomic E-state index is 0.00517. The molecule has 184 valence electrons. The van der Waals surface area contributed by atoms with Gasteiger partial charge in [0.25, 0.3) is 0 Å². The second-order valence-corrected chi connectivity index (χ2v) is 13.9. The molecule has 4 rings (SSSR count). The molecule has 0 amide bonds. The fourth-order valence-corrected chi connectivity index (χ4v) is 9.15. The lowest BCUT2D eigenvalue weighted by molar-refractivity contribution is -0.0957. The lowest BCUT2D eigenvalue weighted by Crippen LogP contribution is -2.54. The van der Waals surface area contributed by atoms with Crippen LogP contribution in [0.2, 0.25) is 0 Å². The summed E-state index contributed by atoms with van der Waals surface area (Å²) in [4.78, 5) is 0. The van der Waals surface area contributed by atoms with E-state index in [4.69, 9.17) is 0 Å². The van der Waals surface area contributed by atoms with Crippen LogP contribution in [-0.2, 0) is 0 Å². The predicted molar refractivity (Wildman–Crippen MR) is 130 cm³/mol. The van der Waals surface area contributed by atoms with Gasteiger partial charge in [0.2, 0.25) is 0 Å². The summed E-state index contributed by atoms with van der Waals surface area (Å²) in [6, 6.07) is 0. The van der Waals surface area contributed by atoms with Gasteiger partial charge in [-0.1, -0.05) is 52.2 Å². The Balaban J connectivity index is 1.57. The molecule has 7 atom stereocenters. The van der Waals surface area contributed by atoms with Crippen molar-refractivity contribution >= 4 is 0 Å². The molecule has 3 heteroatoms. The van der Waals surface area contributed by atoms with Gasteiger partial charge in [0.1, 0.15) is 6.17 Å². The van der Waals surface area contributed by atoms with Crippen LogP contribution in [0.3, 0.4) is 0 Å². The first-order valence-corrected chi connectivity index (χ1v) is 13.5. The van der Waals surface area contributed by atoms with Crippen molar-refractivity contribution in [3.8, 4) is 0 Å². The van der Waals surface area contributed by atoms with Crippen molar-refractivity contribution in [2.75, 3.05) is 0 Å². The molecule has 4 aliphatic rings. The fourth-order valence-electron chi connectivity index (χ4n) is 9.15. The van der Waals surface area contributed by atoms with E-state index >= 15 is 0 Å². The molecule has 2 nitrogen and oxygen atoms in total. The van der Waals surface area contributed by atoms with Gasteiger partial charge < -0.3 is 10.2 Å². The zero-order chi connectivity index (χ0) is 23.7. The third-order valence-electron chi connectivity index (χ3n) is 11.7. The number of allylic oxidation sites excluding steroid dienone is 2. The molecule has 0 aromatic rings. The van der Waals surface area contributed by atoms with Crippen LogP contribution in [0.25, 0.3) is 0 Å². The summed E-state index contributed by atoms with van der Waals surface area (Å²) in [5, 5.41) is 20.7. The third kappa shape index (κ3) is 3.46. The zero-order valence-corrected chi connectivity index (χ0v) is 21.9. The molecule has 32 heavy (non-hydrogen) atoms. The average Bonchev–Trinajstić information content (AvgIpc) is 2.96. The number of aliphatic hydroxyl groups is 2. The molecule has 0 aromatic carbocycles. The van der Waals surface area contributed by atoms with Crippen LogP contribution in [0.1, 0.15) is 119 Å². The molecule has 7 unspecified atom stereocenters. The molecule has 2 fully saturated rings. The van der Waals surface area contributed by atoms with Crippen LogP contribution < -0.4 is 0 Å². The number of hydrogen-bond acceptors (Lipinski definition) is 2. The largest absolute Gasteiger partial charge is 0.393 e. The van der Waals surface area contributed by atoms with Crippen LogP contribution in [0, 0.1) is 33.5 Å². The molecule has 0 heterocycles. The van der Waals surface area contributed by atoms with Gasteiger partial charge >= 0.3 is 0 Å². The minimum Gasteiger partial charge on any atom is -0.393 e. The van der Waals surface area contributed by atoms with Gasteiger partial charge in [-0.15, -0.1) is 0 Å². The topological polar surface area (TPSA) is 40.5 Å². The maximum atomic E-state index is 14.3. The summed E-state index contributed by atoms with van der Waals surface area (Å²) in [6.07, 6.45) is 10.6. The van der Waals surface area contributed by atoms with Crippen molar-refractivity contribution in [3.05, 3.63) is 11.1 Å². The number of aliphatic hydroxyl groups excluding tert-OH is 1. The Morgan fingerprint density at radius 1 is 0.969 bits per heavy atom. The normalized spacial score (nSPS) is 44.6. The van der Waals surface area contributed by atoms with E-state index in [9.17, 15) is 14.6 Å². The highest BCUT2D eigenvalue weighted by molar-refractivity contribution is 5.38. The summed E-state index contributed by atoms with van der Waals surface area (Å²) < 4.78 is 14.3. The highest BCUT2D eigenvalue weighted by Crippen LogP contribution is 2.72. The first kappa shape index (κ1) is 24.7. The zero-order valence-electron chi connectivity index (χ0n) is 21.9. The first-order valence-electron chi connectivity index (χ1n) is 13.5. The van der Waals surface area contributed by atoms with E-state index < -0.39 is 11.8 Å². The molecule has 0 bridgehead atoms. The summed E-state index contributed by atoms with van der Waals surface area (Å²) in [7, 11) is 0. The maximum absolute atomic E-state index is 14.3. The molecule has 0 saturated heterocycles. The van der Waals surface area contributed by atoms with Crippen LogP contribution in [0.4, 0.5) is 4.39 Å². The molecule has 0 radical (unpaired) electrons. The van der Waals surface area contributed by atoms with Gasteiger partial charge in [0.05, 0.1) is 11.7 Å². The number of fused-ring (bicyclic) bond motifs is 4.